The van der Waals surface area contributed by atoms with E-state index < -0.39 is 4.92 Å². The number of halogens is 1. The first-order chi connectivity index (χ1) is 8.20. The van der Waals surface area contributed by atoms with Crippen LogP contribution in [0.5, 0.6) is 5.75 Å². The van der Waals surface area contributed by atoms with E-state index in [4.69, 9.17) is 16.3 Å². The Labute approximate surface area is 105 Å². The van der Waals surface area contributed by atoms with E-state index in [-0.39, 0.29) is 5.69 Å². The number of nitro groups is 1. The fourth-order valence-corrected chi connectivity index (χ4v) is 1.82. The summed E-state index contributed by atoms with van der Waals surface area (Å²) in [6.45, 7) is 0.539. The summed E-state index contributed by atoms with van der Waals surface area (Å²) in [4.78, 5) is 10.4. The lowest BCUT2D eigenvalue weighted by Gasteiger charge is -2.07. The minimum Gasteiger partial charge on any atom is -0.487 e. The zero-order valence-electron chi connectivity index (χ0n) is 9.39. The molecule has 0 heterocycles. The topological polar surface area (TPSA) is 52.4 Å². The fraction of sp³-hybridized carbons (Fsp3) is 0.500. The van der Waals surface area contributed by atoms with E-state index in [1.165, 1.54) is 18.9 Å². The minimum atomic E-state index is -0.426. The lowest BCUT2D eigenvalue weighted by molar-refractivity contribution is -0.385. The number of hydrogen-bond donors (Lipinski definition) is 0. The summed E-state index contributed by atoms with van der Waals surface area (Å²) in [5.74, 6) is 1.41. The highest BCUT2D eigenvalue weighted by Crippen LogP contribution is 2.33. The highest BCUT2D eigenvalue weighted by Gasteiger charge is 2.22. The summed E-state index contributed by atoms with van der Waals surface area (Å²) in [6.07, 6.45) is 3.49. The molecule has 1 saturated carbocycles. The van der Waals surface area contributed by atoms with E-state index >= 15 is 0 Å². The normalized spacial score (nSPS) is 14.6. The zero-order valence-corrected chi connectivity index (χ0v) is 10.2. The van der Waals surface area contributed by atoms with E-state index in [9.17, 15) is 10.1 Å². The first-order valence-corrected chi connectivity index (χ1v) is 6.20. The number of rotatable bonds is 6. The van der Waals surface area contributed by atoms with E-state index in [2.05, 4.69) is 0 Å². The maximum atomic E-state index is 10.8. The van der Waals surface area contributed by atoms with Crippen molar-refractivity contribution in [1.29, 1.82) is 0 Å². The quantitative estimate of drug-likeness (QED) is 0.444. The molecule has 0 saturated heterocycles. The van der Waals surface area contributed by atoms with Gasteiger partial charge in [-0.1, -0.05) is 18.9 Å². The molecule has 0 bridgehead atoms. The maximum absolute atomic E-state index is 10.8. The van der Waals surface area contributed by atoms with Gasteiger partial charge in [0, 0.05) is 11.9 Å². The summed E-state index contributed by atoms with van der Waals surface area (Å²) in [5, 5.41) is 10.8. The summed E-state index contributed by atoms with van der Waals surface area (Å²) in [5.41, 5.74) is 0.841. The molecular weight excluding hydrogens is 242 g/mol. The van der Waals surface area contributed by atoms with Gasteiger partial charge in [0.2, 0.25) is 0 Å². The van der Waals surface area contributed by atoms with Gasteiger partial charge in [-0.2, -0.15) is 0 Å². The number of nitrogens with zero attached hydrogens (tertiary/aromatic N) is 1. The van der Waals surface area contributed by atoms with Crippen LogP contribution in [0, 0.1) is 16.0 Å². The van der Waals surface area contributed by atoms with Crippen molar-refractivity contribution in [3.63, 3.8) is 0 Å². The van der Waals surface area contributed by atoms with E-state index in [0.29, 0.717) is 18.2 Å². The smallest absolute Gasteiger partial charge is 0.310 e. The van der Waals surface area contributed by atoms with Gasteiger partial charge in [-0.15, -0.1) is 11.6 Å². The molecule has 5 heteroatoms. The van der Waals surface area contributed by atoms with Gasteiger partial charge in [0.05, 0.1) is 11.5 Å². The van der Waals surface area contributed by atoms with Crippen LogP contribution in [-0.2, 0) is 5.88 Å². The monoisotopic (exact) mass is 255 g/mol. The fourth-order valence-electron chi connectivity index (χ4n) is 1.65. The molecule has 1 aliphatic rings. The van der Waals surface area contributed by atoms with Gasteiger partial charge < -0.3 is 4.74 Å². The summed E-state index contributed by atoms with van der Waals surface area (Å²) in [6, 6.07) is 4.75. The highest BCUT2D eigenvalue weighted by molar-refractivity contribution is 6.17. The Bertz CT molecular complexity index is 418. The van der Waals surface area contributed by atoms with Gasteiger partial charge in [0.1, 0.15) is 0 Å². The van der Waals surface area contributed by atoms with Crippen molar-refractivity contribution in [3.05, 3.63) is 33.9 Å². The standard InChI is InChI=1S/C12H14ClNO3/c13-8-10-3-4-11(14(15)16)12(7-10)17-6-5-9-1-2-9/h3-4,7,9H,1-2,5-6,8H2. The maximum Gasteiger partial charge on any atom is 0.310 e. The van der Waals surface area contributed by atoms with Crippen LogP contribution in [0.15, 0.2) is 18.2 Å². The SMILES string of the molecule is O=[N+]([O-])c1ccc(CCl)cc1OCCC1CC1. The Kier molecular flexibility index (Phi) is 3.84. The Balaban J connectivity index is 2.06. The van der Waals surface area contributed by atoms with E-state index in [0.717, 1.165) is 17.9 Å². The molecule has 0 unspecified atom stereocenters. The first kappa shape index (κ1) is 12.2. The van der Waals surface area contributed by atoms with E-state index in [1.807, 2.05) is 0 Å². The lowest BCUT2D eigenvalue weighted by Crippen LogP contribution is -2.01. The Morgan fingerprint density at radius 2 is 2.24 bits per heavy atom. The van der Waals surface area contributed by atoms with Crippen molar-refractivity contribution >= 4 is 17.3 Å². The van der Waals surface area contributed by atoms with E-state index in [1.54, 1.807) is 12.1 Å². The van der Waals surface area contributed by atoms with Crippen LogP contribution >= 0.6 is 11.6 Å². The van der Waals surface area contributed by atoms with Gasteiger partial charge in [0.15, 0.2) is 5.75 Å². The van der Waals surface area contributed by atoms with Gasteiger partial charge in [-0.05, 0) is 24.0 Å². The van der Waals surface area contributed by atoms with Crippen LogP contribution in [0.25, 0.3) is 0 Å². The predicted octanol–water partition coefficient (Wildman–Crippen LogP) is 3.51. The zero-order chi connectivity index (χ0) is 12.3. The minimum absolute atomic E-state index is 0.00895. The number of hydrogen-bond acceptors (Lipinski definition) is 3. The summed E-state index contributed by atoms with van der Waals surface area (Å²) in [7, 11) is 0. The molecule has 0 N–H and O–H groups in total. The third kappa shape index (κ3) is 3.33. The molecule has 2 rings (SSSR count). The van der Waals surface area contributed by atoms with Crippen molar-refractivity contribution in [1.82, 2.24) is 0 Å². The molecule has 1 aliphatic carbocycles. The van der Waals surface area contributed by atoms with Crippen LogP contribution in [0.3, 0.4) is 0 Å². The van der Waals surface area contributed by atoms with Crippen molar-refractivity contribution in [2.75, 3.05) is 6.61 Å². The second kappa shape index (κ2) is 5.36. The van der Waals surface area contributed by atoms with Gasteiger partial charge in [0.25, 0.3) is 0 Å². The van der Waals surface area contributed by atoms with Gasteiger partial charge in [-0.25, -0.2) is 0 Å². The molecule has 0 aliphatic heterocycles. The molecular formula is C12H14ClNO3. The number of benzene rings is 1. The van der Waals surface area contributed by atoms with Crippen LogP contribution < -0.4 is 4.74 Å². The molecule has 0 amide bonds. The van der Waals surface area contributed by atoms with Gasteiger partial charge in [-0.3, -0.25) is 10.1 Å². The molecule has 4 nitrogen and oxygen atoms in total. The number of ether oxygens (including phenoxy) is 1. The molecule has 92 valence electrons. The van der Waals surface area contributed by atoms with Gasteiger partial charge >= 0.3 is 5.69 Å². The van der Waals surface area contributed by atoms with Crippen molar-refractivity contribution in [2.24, 2.45) is 5.92 Å². The average molecular weight is 256 g/mol. The van der Waals surface area contributed by atoms with Crippen LogP contribution in [0.1, 0.15) is 24.8 Å². The highest BCUT2D eigenvalue weighted by atomic mass is 35.5. The third-order valence-corrected chi connectivity index (χ3v) is 3.16. The van der Waals surface area contributed by atoms with Crippen LogP contribution in [-0.4, -0.2) is 11.5 Å². The molecule has 1 fully saturated rings. The van der Waals surface area contributed by atoms with Crippen molar-refractivity contribution < 1.29 is 9.66 Å². The molecule has 1 aromatic carbocycles. The Morgan fingerprint density at radius 3 is 2.82 bits per heavy atom. The summed E-state index contributed by atoms with van der Waals surface area (Å²) >= 11 is 5.70. The lowest BCUT2D eigenvalue weighted by atomic mass is 10.2. The van der Waals surface area contributed by atoms with Crippen molar-refractivity contribution in [2.45, 2.75) is 25.1 Å². The predicted molar refractivity (Wildman–Crippen MR) is 65.5 cm³/mol. The molecule has 0 aromatic heterocycles. The summed E-state index contributed by atoms with van der Waals surface area (Å²) < 4.78 is 5.49. The molecule has 1 aromatic rings. The molecule has 0 radical (unpaired) electrons. The molecule has 0 spiro atoms. The molecule has 17 heavy (non-hydrogen) atoms. The number of nitro benzene ring substituents is 1. The largest absolute Gasteiger partial charge is 0.487 e. The average Bonchev–Trinajstić information content (AvgIpc) is 3.12. The molecule has 0 atom stereocenters. The Morgan fingerprint density at radius 1 is 1.47 bits per heavy atom. The first-order valence-electron chi connectivity index (χ1n) is 5.67. The van der Waals surface area contributed by atoms with Crippen molar-refractivity contribution in [3.8, 4) is 5.75 Å². The third-order valence-electron chi connectivity index (χ3n) is 2.86. The number of alkyl halides is 1. The second-order valence-corrected chi connectivity index (χ2v) is 4.54. The van der Waals surface area contributed by atoms with Crippen LogP contribution in [0.4, 0.5) is 5.69 Å². The van der Waals surface area contributed by atoms with Crippen LogP contribution in [0.2, 0.25) is 0 Å². The second-order valence-electron chi connectivity index (χ2n) is 4.27. The Hall–Kier alpha value is -1.29.